The number of fused-ring (bicyclic) bond motifs is 1. The highest BCUT2D eigenvalue weighted by Gasteiger charge is 2.22. The average molecular weight is 299 g/mol. The number of aliphatic hydroxyl groups excluding tert-OH is 1. The number of ether oxygens (including phenoxy) is 1. The standard InChI is InChI=1S/C15H22FNO2S/c1-20-10-12(6-7-18)17-14-3-2-8-19-15-5-4-11(16)9-13(14)15/h4-5,9,12,14,17-18H,2-3,6-8,10H2,1H3. The van der Waals surface area contributed by atoms with Crippen LogP contribution in [0.5, 0.6) is 5.75 Å². The molecule has 0 radical (unpaired) electrons. The molecule has 0 aliphatic carbocycles. The highest BCUT2D eigenvalue weighted by Crippen LogP contribution is 2.32. The molecule has 3 nitrogen and oxygen atoms in total. The summed E-state index contributed by atoms with van der Waals surface area (Å²) in [6, 6.07) is 5.03. The summed E-state index contributed by atoms with van der Waals surface area (Å²) in [4.78, 5) is 0. The Labute approximate surface area is 123 Å². The van der Waals surface area contributed by atoms with Crippen LogP contribution in [0.1, 0.15) is 30.9 Å². The number of aliphatic hydroxyl groups is 1. The van der Waals surface area contributed by atoms with Crippen LogP contribution in [0.15, 0.2) is 18.2 Å². The maximum atomic E-state index is 13.5. The Morgan fingerprint density at radius 2 is 2.40 bits per heavy atom. The Bertz CT molecular complexity index is 424. The molecule has 0 spiro atoms. The molecule has 2 atom stereocenters. The number of halogens is 1. The van der Waals surface area contributed by atoms with Gasteiger partial charge in [0, 0.05) is 30.0 Å². The van der Waals surface area contributed by atoms with Gasteiger partial charge in [-0.15, -0.1) is 0 Å². The van der Waals surface area contributed by atoms with Crippen LogP contribution in [0.25, 0.3) is 0 Å². The Balaban J connectivity index is 2.16. The molecule has 0 saturated heterocycles. The summed E-state index contributed by atoms with van der Waals surface area (Å²) in [7, 11) is 0. The summed E-state index contributed by atoms with van der Waals surface area (Å²) < 4.78 is 19.2. The van der Waals surface area contributed by atoms with E-state index in [1.807, 2.05) is 0 Å². The zero-order valence-electron chi connectivity index (χ0n) is 11.8. The van der Waals surface area contributed by atoms with Crippen molar-refractivity contribution in [2.75, 3.05) is 25.2 Å². The third-order valence-corrected chi connectivity index (χ3v) is 4.26. The predicted molar refractivity (Wildman–Crippen MR) is 80.9 cm³/mol. The van der Waals surface area contributed by atoms with Gasteiger partial charge in [-0.1, -0.05) is 0 Å². The maximum Gasteiger partial charge on any atom is 0.124 e. The Kier molecular flexibility index (Phi) is 6.13. The minimum atomic E-state index is -0.232. The van der Waals surface area contributed by atoms with E-state index in [2.05, 4.69) is 11.6 Å². The minimum Gasteiger partial charge on any atom is -0.493 e. The lowest BCUT2D eigenvalue weighted by molar-refractivity contribution is 0.262. The fourth-order valence-corrected chi connectivity index (χ4v) is 3.24. The van der Waals surface area contributed by atoms with Crippen LogP contribution in [-0.2, 0) is 0 Å². The molecule has 1 aromatic rings. The fraction of sp³-hybridized carbons (Fsp3) is 0.600. The Hall–Kier alpha value is -0.780. The molecule has 1 aliphatic heterocycles. The van der Waals surface area contributed by atoms with E-state index < -0.39 is 0 Å². The molecule has 1 aliphatic rings. The van der Waals surface area contributed by atoms with Gasteiger partial charge >= 0.3 is 0 Å². The lowest BCUT2D eigenvalue weighted by Gasteiger charge is -2.25. The predicted octanol–water partition coefficient (Wildman–Crippen LogP) is 2.74. The summed E-state index contributed by atoms with van der Waals surface area (Å²) >= 11 is 1.75. The van der Waals surface area contributed by atoms with Crippen LogP contribution in [0.3, 0.4) is 0 Å². The van der Waals surface area contributed by atoms with E-state index in [1.54, 1.807) is 23.9 Å². The number of benzene rings is 1. The van der Waals surface area contributed by atoms with Crippen molar-refractivity contribution in [2.24, 2.45) is 0 Å². The topological polar surface area (TPSA) is 41.5 Å². The molecule has 1 heterocycles. The lowest BCUT2D eigenvalue weighted by atomic mass is 10.0. The molecule has 0 bridgehead atoms. The quantitative estimate of drug-likeness (QED) is 0.847. The van der Waals surface area contributed by atoms with Crippen molar-refractivity contribution < 1.29 is 14.2 Å². The van der Waals surface area contributed by atoms with E-state index in [0.717, 1.165) is 29.9 Å². The van der Waals surface area contributed by atoms with Crippen molar-refractivity contribution in [1.29, 1.82) is 0 Å². The van der Waals surface area contributed by atoms with E-state index >= 15 is 0 Å². The molecule has 112 valence electrons. The number of nitrogens with one attached hydrogen (secondary N) is 1. The van der Waals surface area contributed by atoms with Crippen molar-refractivity contribution in [3.8, 4) is 5.75 Å². The van der Waals surface area contributed by atoms with Gasteiger partial charge in [0.15, 0.2) is 0 Å². The van der Waals surface area contributed by atoms with Gasteiger partial charge in [-0.05, 0) is 43.7 Å². The molecular weight excluding hydrogens is 277 g/mol. The summed E-state index contributed by atoms with van der Waals surface area (Å²) in [5.41, 5.74) is 0.895. The first-order chi connectivity index (χ1) is 9.74. The largest absolute Gasteiger partial charge is 0.493 e. The second kappa shape index (κ2) is 7.86. The Morgan fingerprint density at radius 3 is 3.15 bits per heavy atom. The lowest BCUT2D eigenvalue weighted by Crippen LogP contribution is -2.35. The molecule has 0 saturated carbocycles. The smallest absolute Gasteiger partial charge is 0.124 e. The van der Waals surface area contributed by atoms with Gasteiger partial charge in [0.25, 0.3) is 0 Å². The summed E-state index contributed by atoms with van der Waals surface area (Å²) in [5.74, 6) is 1.47. The van der Waals surface area contributed by atoms with Crippen LogP contribution < -0.4 is 10.1 Å². The average Bonchev–Trinajstić information content (AvgIpc) is 2.62. The second-order valence-electron chi connectivity index (χ2n) is 5.06. The molecule has 20 heavy (non-hydrogen) atoms. The van der Waals surface area contributed by atoms with Gasteiger partial charge in [0.05, 0.1) is 6.61 Å². The third kappa shape index (κ3) is 4.11. The highest BCUT2D eigenvalue weighted by molar-refractivity contribution is 7.98. The molecule has 2 unspecified atom stereocenters. The van der Waals surface area contributed by atoms with E-state index in [4.69, 9.17) is 9.84 Å². The highest BCUT2D eigenvalue weighted by atomic mass is 32.2. The van der Waals surface area contributed by atoms with E-state index in [-0.39, 0.29) is 24.5 Å². The summed E-state index contributed by atoms with van der Waals surface area (Å²) in [6.07, 6.45) is 4.63. The van der Waals surface area contributed by atoms with Crippen LogP contribution in [0, 0.1) is 5.82 Å². The van der Waals surface area contributed by atoms with Gasteiger partial charge in [-0.25, -0.2) is 4.39 Å². The first-order valence-electron chi connectivity index (χ1n) is 7.02. The normalized spacial score (nSPS) is 19.9. The Morgan fingerprint density at radius 1 is 1.55 bits per heavy atom. The number of hydrogen-bond donors (Lipinski definition) is 2. The number of rotatable bonds is 6. The maximum absolute atomic E-state index is 13.5. The number of thioether (sulfide) groups is 1. The van der Waals surface area contributed by atoms with Crippen LogP contribution in [-0.4, -0.2) is 36.4 Å². The van der Waals surface area contributed by atoms with Crippen LogP contribution in [0.4, 0.5) is 4.39 Å². The van der Waals surface area contributed by atoms with Crippen molar-refractivity contribution in [2.45, 2.75) is 31.3 Å². The first-order valence-corrected chi connectivity index (χ1v) is 8.42. The first kappa shape index (κ1) is 15.6. The van der Waals surface area contributed by atoms with Crippen molar-refractivity contribution >= 4 is 11.8 Å². The van der Waals surface area contributed by atoms with Crippen LogP contribution in [0.2, 0.25) is 0 Å². The SMILES string of the molecule is CSCC(CCO)NC1CCCOc2ccc(F)cc21. The van der Waals surface area contributed by atoms with Crippen molar-refractivity contribution in [3.05, 3.63) is 29.6 Å². The van der Waals surface area contributed by atoms with E-state index in [1.165, 1.54) is 6.07 Å². The molecule has 0 fully saturated rings. The van der Waals surface area contributed by atoms with Gasteiger partial charge in [0.1, 0.15) is 11.6 Å². The number of hydrogen-bond acceptors (Lipinski definition) is 4. The minimum absolute atomic E-state index is 0.0897. The molecule has 2 N–H and O–H groups in total. The van der Waals surface area contributed by atoms with E-state index in [9.17, 15) is 4.39 Å². The molecule has 0 aromatic heterocycles. The molecular formula is C15H22FNO2S. The summed E-state index contributed by atoms with van der Waals surface area (Å²) in [6.45, 7) is 0.835. The molecule has 5 heteroatoms. The van der Waals surface area contributed by atoms with Gasteiger partial charge < -0.3 is 15.2 Å². The molecule has 0 amide bonds. The van der Waals surface area contributed by atoms with Crippen molar-refractivity contribution in [3.63, 3.8) is 0 Å². The van der Waals surface area contributed by atoms with E-state index in [0.29, 0.717) is 13.0 Å². The third-order valence-electron chi connectivity index (χ3n) is 3.52. The van der Waals surface area contributed by atoms with Crippen molar-refractivity contribution in [1.82, 2.24) is 5.32 Å². The second-order valence-corrected chi connectivity index (χ2v) is 5.97. The fourth-order valence-electron chi connectivity index (χ4n) is 2.58. The van der Waals surface area contributed by atoms with Gasteiger partial charge in [-0.2, -0.15) is 11.8 Å². The van der Waals surface area contributed by atoms with Gasteiger partial charge in [-0.3, -0.25) is 0 Å². The van der Waals surface area contributed by atoms with Gasteiger partial charge in [0.2, 0.25) is 0 Å². The monoisotopic (exact) mass is 299 g/mol. The summed E-state index contributed by atoms with van der Waals surface area (Å²) in [5, 5.41) is 12.7. The molecule has 1 aromatic carbocycles. The zero-order valence-corrected chi connectivity index (χ0v) is 12.6. The van der Waals surface area contributed by atoms with Crippen LogP contribution >= 0.6 is 11.8 Å². The molecule has 2 rings (SSSR count). The zero-order chi connectivity index (χ0) is 14.4.